The van der Waals surface area contributed by atoms with Crippen LogP contribution >= 0.6 is 11.3 Å². The van der Waals surface area contributed by atoms with E-state index in [9.17, 15) is 9.59 Å². The van der Waals surface area contributed by atoms with Crippen LogP contribution in [0.4, 0.5) is 10.5 Å². The van der Waals surface area contributed by atoms with Gasteiger partial charge in [0.15, 0.2) is 0 Å². The molecule has 6 nitrogen and oxygen atoms in total. The van der Waals surface area contributed by atoms with Crippen LogP contribution < -0.4 is 16.0 Å². The van der Waals surface area contributed by atoms with Gasteiger partial charge in [-0.3, -0.25) is 9.69 Å². The van der Waals surface area contributed by atoms with Crippen LogP contribution in [0.2, 0.25) is 0 Å². The van der Waals surface area contributed by atoms with E-state index in [1.807, 2.05) is 13.8 Å². The van der Waals surface area contributed by atoms with E-state index < -0.39 is 0 Å². The Morgan fingerprint density at radius 2 is 1.82 bits per heavy atom. The van der Waals surface area contributed by atoms with Gasteiger partial charge in [-0.1, -0.05) is 26.0 Å². The van der Waals surface area contributed by atoms with Gasteiger partial charge in [0.25, 0.3) is 5.91 Å². The highest BCUT2D eigenvalue weighted by Gasteiger charge is 2.20. The van der Waals surface area contributed by atoms with E-state index in [2.05, 4.69) is 51.5 Å². The average Bonchev–Trinajstić information content (AvgIpc) is 3.19. The molecule has 0 aliphatic heterocycles. The molecule has 2 rings (SSSR count). The third-order valence-electron chi connectivity index (χ3n) is 4.48. The highest BCUT2D eigenvalue weighted by molar-refractivity contribution is 7.07. The summed E-state index contributed by atoms with van der Waals surface area (Å²) in [6.07, 6.45) is 0. The molecule has 28 heavy (non-hydrogen) atoms. The van der Waals surface area contributed by atoms with Gasteiger partial charge in [0.05, 0.1) is 17.3 Å². The minimum atomic E-state index is -0.324. The van der Waals surface area contributed by atoms with Gasteiger partial charge in [-0.05, 0) is 61.5 Å². The Labute approximate surface area is 171 Å². The molecule has 2 aromatic rings. The molecule has 0 saturated heterocycles. The monoisotopic (exact) mass is 402 g/mol. The van der Waals surface area contributed by atoms with Crippen LogP contribution in [0.25, 0.3) is 0 Å². The van der Waals surface area contributed by atoms with Gasteiger partial charge in [-0.2, -0.15) is 11.3 Å². The van der Waals surface area contributed by atoms with Crippen LogP contribution in [0, 0.1) is 0 Å². The van der Waals surface area contributed by atoms with Crippen LogP contribution in [-0.2, 0) is 0 Å². The highest BCUT2D eigenvalue weighted by atomic mass is 32.1. The van der Waals surface area contributed by atoms with Gasteiger partial charge >= 0.3 is 6.03 Å². The molecule has 1 aromatic carbocycles. The second kappa shape index (κ2) is 10.8. The summed E-state index contributed by atoms with van der Waals surface area (Å²) in [5.74, 6) is -0.201. The van der Waals surface area contributed by atoms with Crippen LogP contribution in [0.5, 0.6) is 0 Å². The lowest BCUT2D eigenvalue weighted by Crippen LogP contribution is -2.38. The number of nitrogens with one attached hydrogen (secondary N) is 3. The Hall–Kier alpha value is -2.38. The van der Waals surface area contributed by atoms with Crippen molar-refractivity contribution in [3.8, 4) is 0 Å². The SMILES string of the molecule is CCN(CC)C(CNC(=O)c1ccccc1NC(=O)NC(C)C)c1ccsc1. The minimum absolute atomic E-state index is 0.0152. The van der Waals surface area contributed by atoms with Crippen molar-refractivity contribution in [2.45, 2.75) is 39.8 Å². The summed E-state index contributed by atoms with van der Waals surface area (Å²) in [5.41, 5.74) is 2.15. The smallest absolute Gasteiger partial charge is 0.319 e. The van der Waals surface area contributed by atoms with E-state index in [4.69, 9.17) is 0 Å². The molecule has 0 saturated carbocycles. The average molecular weight is 403 g/mol. The third kappa shape index (κ3) is 6.07. The molecule has 7 heteroatoms. The van der Waals surface area contributed by atoms with Gasteiger partial charge in [0.2, 0.25) is 0 Å². The van der Waals surface area contributed by atoms with E-state index in [-0.39, 0.29) is 24.0 Å². The number of carbonyl (C=O) groups excluding carboxylic acids is 2. The van der Waals surface area contributed by atoms with Crippen molar-refractivity contribution in [1.29, 1.82) is 0 Å². The topological polar surface area (TPSA) is 73.5 Å². The lowest BCUT2D eigenvalue weighted by Gasteiger charge is -2.29. The summed E-state index contributed by atoms with van der Waals surface area (Å²) in [4.78, 5) is 27.2. The van der Waals surface area contributed by atoms with E-state index in [0.29, 0.717) is 17.8 Å². The lowest BCUT2D eigenvalue weighted by atomic mass is 10.1. The quantitative estimate of drug-likeness (QED) is 0.591. The minimum Gasteiger partial charge on any atom is -0.350 e. The molecule has 152 valence electrons. The number of anilines is 1. The molecule has 1 aromatic heterocycles. The van der Waals surface area contributed by atoms with Gasteiger partial charge in [0, 0.05) is 12.6 Å². The van der Waals surface area contributed by atoms with Crippen molar-refractivity contribution in [3.63, 3.8) is 0 Å². The predicted molar refractivity (Wildman–Crippen MR) is 116 cm³/mol. The van der Waals surface area contributed by atoms with Crippen molar-refractivity contribution in [3.05, 3.63) is 52.2 Å². The second-order valence-electron chi connectivity index (χ2n) is 6.80. The maximum absolute atomic E-state index is 12.8. The van der Waals surface area contributed by atoms with Gasteiger partial charge in [-0.15, -0.1) is 0 Å². The second-order valence-corrected chi connectivity index (χ2v) is 7.58. The first-order valence-electron chi connectivity index (χ1n) is 9.67. The molecule has 0 spiro atoms. The normalized spacial score (nSPS) is 12.1. The zero-order valence-electron chi connectivity index (χ0n) is 17.0. The Balaban J connectivity index is 2.10. The number of hydrogen-bond donors (Lipinski definition) is 3. The van der Waals surface area contributed by atoms with Gasteiger partial charge in [0.1, 0.15) is 0 Å². The van der Waals surface area contributed by atoms with E-state index >= 15 is 0 Å². The molecule has 0 aliphatic carbocycles. The van der Waals surface area contributed by atoms with Crippen LogP contribution in [0.3, 0.4) is 0 Å². The number of amides is 3. The molecule has 3 N–H and O–H groups in total. The maximum atomic E-state index is 12.8. The van der Waals surface area contributed by atoms with Crippen molar-refractivity contribution in [2.75, 3.05) is 25.0 Å². The number of likely N-dealkylation sites (N-methyl/N-ethyl adjacent to an activating group) is 1. The Kier molecular flexibility index (Phi) is 8.47. The number of carbonyl (C=O) groups is 2. The zero-order valence-corrected chi connectivity index (χ0v) is 17.8. The largest absolute Gasteiger partial charge is 0.350 e. The number of para-hydroxylation sites is 1. The number of thiophene rings is 1. The van der Waals surface area contributed by atoms with E-state index in [0.717, 1.165) is 13.1 Å². The molecular weight excluding hydrogens is 372 g/mol. The fraction of sp³-hybridized carbons (Fsp3) is 0.429. The summed E-state index contributed by atoms with van der Waals surface area (Å²) >= 11 is 1.66. The molecule has 1 unspecified atom stereocenters. The van der Waals surface area contributed by atoms with Crippen molar-refractivity contribution >= 4 is 29.0 Å². The summed E-state index contributed by atoms with van der Waals surface area (Å²) in [5, 5.41) is 12.8. The maximum Gasteiger partial charge on any atom is 0.319 e. The highest BCUT2D eigenvalue weighted by Crippen LogP contribution is 2.23. The fourth-order valence-corrected chi connectivity index (χ4v) is 3.79. The summed E-state index contributed by atoms with van der Waals surface area (Å²) < 4.78 is 0. The molecular formula is C21H30N4O2S. The summed E-state index contributed by atoms with van der Waals surface area (Å²) in [6, 6.07) is 8.96. The molecule has 1 atom stereocenters. The zero-order chi connectivity index (χ0) is 20.5. The lowest BCUT2D eigenvalue weighted by molar-refractivity contribution is 0.0936. The molecule has 0 radical (unpaired) electrons. The Morgan fingerprint density at radius 1 is 1.11 bits per heavy atom. The van der Waals surface area contributed by atoms with Gasteiger partial charge < -0.3 is 16.0 Å². The molecule has 0 fully saturated rings. The first-order valence-corrected chi connectivity index (χ1v) is 10.6. The molecule has 0 aliphatic rings. The van der Waals surface area contributed by atoms with Crippen LogP contribution in [0.1, 0.15) is 49.7 Å². The Bertz CT molecular complexity index is 758. The number of benzene rings is 1. The fourth-order valence-electron chi connectivity index (χ4n) is 3.08. The predicted octanol–water partition coefficient (Wildman–Crippen LogP) is 4.09. The number of rotatable bonds is 9. The van der Waals surface area contributed by atoms with Crippen LogP contribution in [-0.4, -0.2) is 42.5 Å². The number of hydrogen-bond acceptors (Lipinski definition) is 4. The van der Waals surface area contributed by atoms with Crippen molar-refractivity contribution in [1.82, 2.24) is 15.5 Å². The van der Waals surface area contributed by atoms with Gasteiger partial charge in [-0.25, -0.2) is 4.79 Å². The first kappa shape index (κ1) is 21.9. The van der Waals surface area contributed by atoms with Crippen LogP contribution in [0.15, 0.2) is 41.1 Å². The summed E-state index contributed by atoms with van der Waals surface area (Å²) in [6.45, 7) is 10.3. The third-order valence-corrected chi connectivity index (χ3v) is 5.18. The van der Waals surface area contributed by atoms with Crippen molar-refractivity contribution < 1.29 is 9.59 Å². The number of urea groups is 1. The molecule has 0 bridgehead atoms. The van der Waals surface area contributed by atoms with E-state index in [1.165, 1.54) is 5.56 Å². The first-order chi connectivity index (χ1) is 13.5. The molecule has 1 heterocycles. The molecule has 3 amide bonds. The standard InChI is InChI=1S/C21H30N4O2S/c1-5-25(6-2)19(16-11-12-28-14-16)13-22-20(26)17-9-7-8-10-18(17)24-21(27)23-15(3)4/h7-12,14-15,19H,5-6,13H2,1-4H3,(H,22,26)(H2,23,24,27). The number of nitrogens with zero attached hydrogens (tertiary/aromatic N) is 1. The van der Waals surface area contributed by atoms with Crippen molar-refractivity contribution in [2.24, 2.45) is 0 Å². The Morgan fingerprint density at radius 3 is 2.43 bits per heavy atom. The summed E-state index contributed by atoms with van der Waals surface area (Å²) in [7, 11) is 0. The van der Waals surface area contributed by atoms with E-state index in [1.54, 1.807) is 35.6 Å².